The zero-order valence-corrected chi connectivity index (χ0v) is 17.3. The molecule has 2 amide bonds. The molecule has 0 radical (unpaired) electrons. The molecule has 2 aromatic carbocycles. The molecule has 4 rings (SSSR count). The van der Waals surface area contributed by atoms with Gasteiger partial charge in [0.25, 0.3) is 11.8 Å². The lowest BCUT2D eigenvalue weighted by molar-refractivity contribution is -0.142. The van der Waals surface area contributed by atoms with Crippen LogP contribution >= 0.6 is 27.5 Å². The van der Waals surface area contributed by atoms with Gasteiger partial charge >= 0.3 is 0 Å². The van der Waals surface area contributed by atoms with E-state index in [2.05, 4.69) is 15.9 Å². The van der Waals surface area contributed by atoms with Crippen molar-refractivity contribution in [1.29, 1.82) is 0 Å². The highest BCUT2D eigenvalue weighted by atomic mass is 79.9. The Morgan fingerprint density at radius 3 is 2.43 bits per heavy atom. The van der Waals surface area contributed by atoms with Crippen molar-refractivity contribution >= 4 is 39.3 Å². The smallest absolute Gasteiger partial charge is 0.267 e. The summed E-state index contributed by atoms with van der Waals surface area (Å²) in [4.78, 5) is 29.0. The van der Waals surface area contributed by atoms with Crippen molar-refractivity contribution in [2.45, 2.75) is 6.10 Å². The molecule has 8 heteroatoms. The van der Waals surface area contributed by atoms with E-state index in [9.17, 15) is 9.59 Å². The second-order valence-corrected chi connectivity index (χ2v) is 7.93. The van der Waals surface area contributed by atoms with E-state index in [0.29, 0.717) is 48.3 Å². The van der Waals surface area contributed by atoms with Crippen molar-refractivity contribution in [2.75, 3.05) is 32.8 Å². The third kappa shape index (κ3) is 3.82. The van der Waals surface area contributed by atoms with Gasteiger partial charge in [0.2, 0.25) is 6.10 Å². The van der Waals surface area contributed by atoms with Gasteiger partial charge in [0.05, 0.1) is 10.6 Å². The predicted octanol–water partition coefficient (Wildman–Crippen LogP) is 3.23. The quantitative estimate of drug-likeness (QED) is 0.683. The number of nitrogens with zero attached hydrogens (tertiary/aromatic N) is 2. The maximum absolute atomic E-state index is 12.8. The second kappa shape index (κ2) is 8.01. The van der Waals surface area contributed by atoms with Gasteiger partial charge in [0.1, 0.15) is 6.61 Å². The standard InChI is InChI=1S/C20H18BrClN2O4/c21-13-5-6-15(22)14(11-13)19(25)23-7-9-24(10-8-23)20(26)18-12-27-16-3-1-2-4-17(16)28-18/h1-6,11,18H,7-10,12H2/t18-/m0/s1. The van der Waals surface area contributed by atoms with Crippen molar-refractivity contribution < 1.29 is 19.1 Å². The van der Waals surface area contributed by atoms with Crippen LogP contribution in [0.3, 0.4) is 0 Å². The van der Waals surface area contributed by atoms with Crippen LogP contribution in [0.4, 0.5) is 0 Å². The first-order chi connectivity index (χ1) is 13.5. The monoisotopic (exact) mass is 464 g/mol. The van der Waals surface area contributed by atoms with Gasteiger partial charge in [-0.05, 0) is 30.3 Å². The van der Waals surface area contributed by atoms with Crippen LogP contribution in [0.15, 0.2) is 46.9 Å². The molecule has 0 spiro atoms. The van der Waals surface area contributed by atoms with Crippen LogP contribution in [-0.2, 0) is 4.79 Å². The molecule has 0 unspecified atom stereocenters. The largest absolute Gasteiger partial charge is 0.485 e. The first-order valence-electron chi connectivity index (χ1n) is 8.94. The molecule has 1 saturated heterocycles. The summed E-state index contributed by atoms with van der Waals surface area (Å²) in [5.74, 6) is 0.963. The van der Waals surface area contributed by atoms with E-state index in [1.165, 1.54) is 0 Å². The number of carbonyl (C=O) groups is 2. The second-order valence-electron chi connectivity index (χ2n) is 6.61. The number of fused-ring (bicyclic) bond motifs is 1. The van der Waals surface area contributed by atoms with Crippen LogP contribution in [0, 0.1) is 0 Å². The number of hydrogen-bond acceptors (Lipinski definition) is 4. The number of piperazine rings is 1. The fourth-order valence-corrected chi connectivity index (χ4v) is 3.87. The van der Waals surface area contributed by atoms with Crippen LogP contribution in [0.25, 0.3) is 0 Å². The summed E-state index contributed by atoms with van der Waals surface area (Å²) < 4.78 is 12.2. The maximum atomic E-state index is 12.8. The molecule has 28 heavy (non-hydrogen) atoms. The normalized spacial score (nSPS) is 18.7. The first-order valence-corrected chi connectivity index (χ1v) is 10.1. The minimum Gasteiger partial charge on any atom is -0.485 e. The van der Waals surface area contributed by atoms with Crippen LogP contribution in [0.2, 0.25) is 5.02 Å². The SMILES string of the molecule is O=C(c1cc(Br)ccc1Cl)N1CCN(C(=O)[C@@H]2COc3ccccc3O2)CC1. The number of amides is 2. The van der Waals surface area contributed by atoms with E-state index in [-0.39, 0.29) is 18.4 Å². The number of halogens is 2. The Morgan fingerprint density at radius 2 is 1.68 bits per heavy atom. The molecular weight excluding hydrogens is 448 g/mol. The summed E-state index contributed by atoms with van der Waals surface area (Å²) in [6, 6.07) is 12.5. The average molecular weight is 466 g/mol. The molecule has 6 nitrogen and oxygen atoms in total. The Balaban J connectivity index is 1.37. The summed E-state index contributed by atoms with van der Waals surface area (Å²) in [6.45, 7) is 1.95. The molecule has 2 aliphatic heterocycles. The van der Waals surface area contributed by atoms with Gasteiger partial charge in [0, 0.05) is 30.7 Å². The van der Waals surface area contributed by atoms with Crippen molar-refractivity contribution in [3.05, 3.63) is 57.5 Å². The minimum absolute atomic E-state index is 0.123. The Kier molecular flexibility index (Phi) is 5.46. The summed E-state index contributed by atoms with van der Waals surface area (Å²) in [5.41, 5.74) is 0.455. The highest BCUT2D eigenvalue weighted by Gasteiger charge is 2.33. The van der Waals surface area contributed by atoms with Gasteiger partial charge in [0.15, 0.2) is 11.5 Å². The molecule has 0 bridgehead atoms. The predicted molar refractivity (Wildman–Crippen MR) is 108 cm³/mol. The van der Waals surface area contributed by atoms with Crippen molar-refractivity contribution in [1.82, 2.24) is 9.80 Å². The number of ether oxygens (including phenoxy) is 2. The molecule has 146 valence electrons. The molecule has 0 aromatic heterocycles. The fraction of sp³-hybridized carbons (Fsp3) is 0.300. The molecule has 2 aromatic rings. The summed E-state index contributed by atoms with van der Waals surface area (Å²) in [6.07, 6.45) is -0.670. The lowest BCUT2D eigenvalue weighted by Crippen LogP contribution is -2.55. The molecule has 0 saturated carbocycles. The van der Waals surface area contributed by atoms with E-state index in [1.807, 2.05) is 18.2 Å². The number of benzene rings is 2. The Hall–Kier alpha value is -2.25. The van der Waals surface area contributed by atoms with Crippen LogP contribution in [0.1, 0.15) is 10.4 Å². The first kappa shape index (κ1) is 19.1. The third-order valence-corrected chi connectivity index (χ3v) is 5.64. The van der Waals surface area contributed by atoms with Gasteiger partial charge in [-0.3, -0.25) is 9.59 Å². The van der Waals surface area contributed by atoms with Crippen molar-refractivity contribution in [2.24, 2.45) is 0 Å². The molecule has 0 aliphatic carbocycles. The minimum atomic E-state index is -0.670. The lowest BCUT2D eigenvalue weighted by Gasteiger charge is -2.37. The molecule has 2 heterocycles. The number of hydrogen-bond donors (Lipinski definition) is 0. The molecule has 1 fully saturated rings. The maximum Gasteiger partial charge on any atom is 0.267 e. The molecular formula is C20H18BrClN2O4. The number of para-hydroxylation sites is 2. The Labute approximate surface area is 176 Å². The van der Waals surface area contributed by atoms with E-state index in [4.69, 9.17) is 21.1 Å². The topological polar surface area (TPSA) is 59.1 Å². The Morgan fingerprint density at radius 1 is 1.00 bits per heavy atom. The average Bonchev–Trinajstić information content (AvgIpc) is 2.74. The highest BCUT2D eigenvalue weighted by Crippen LogP contribution is 2.31. The highest BCUT2D eigenvalue weighted by molar-refractivity contribution is 9.10. The van der Waals surface area contributed by atoms with E-state index < -0.39 is 6.10 Å². The summed E-state index contributed by atoms with van der Waals surface area (Å²) >= 11 is 9.53. The fourth-order valence-electron chi connectivity index (χ4n) is 3.31. The van der Waals surface area contributed by atoms with Crippen molar-refractivity contribution in [3.63, 3.8) is 0 Å². The Bertz CT molecular complexity index is 915. The summed E-state index contributed by atoms with van der Waals surface area (Å²) in [7, 11) is 0. The van der Waals surface area contributed by atoms with E-state index in [0.717, 1.165) is 4.47 Å². The van der Waals surface area contributed by atoms with Gasteiger partial charge in [-0.15, -0.1) is 0 Å². The lowest BCUT2D eigenvalue weighted by atomic mass is 10.1. The van der Waals surface area contributed by atoms with Gasteiger partial charge in [-0.2, -0.15) is 0 Å². The zero-order valence-electron chi connectivity index (χ0n) is 14.9. The zero-order chi connectivity index (χ0) is 19.7. The van der Waals surface area contributed by atoms with Crippen LogP contribution < -0.4 is 9.47 Å². The van der Waals surface area contributed by atoms with Crippen molar-refractivity contribution in [3.8, 4) is 11.5 Å². The van der Waals surface area contributed by atoms with E-state index in [1.54, 1.807) is 34.1 Å². The molecule has 2 aliphatic rings. The molecule has 1 atom stereocenters. The molecule has 0 N–H and O–H groups in total. The van der Waals surface area contributed by atoms with Gasteiger partial charge < -0.3 is 19.3 Å². The number of carbonyl (C=O) groups excluding carboxylic acids is 2. The third-order valence-electron chi connectivity index (χ3n) is 4.82. The van der Waals surface area contributed by atoms with Crippen LogP contribution in [0.5, 0.6) is 11.5 Å². The summed E-state index contributed by atoms with van der Waals surface area (Å²) in [5, 5.41) is 0.415. The van der Waals surface area contributed by atoms with E-state index >= 15 is 0 Å². The van der Waals surface area contributed by atoms with Crippen LogP contribution in [-0.4, -0.2) is 60.5 Å². The van der Waals surface area contributed by atoms with Gasteiger partial charge in [-0.1, -0.05) is 39.7 Å². The van der Waals surface area contributed by atoms with Gasteiger partial charge in [-0.25, -0.2) is 0 Å². The number of rotatable bonds is 2.